The fourth-order valence-electron chi connectivity index (χ4n) is 3.86. The minimum Gasteiger partial charge on any atom is -0.465 e. The predicted octanol–water partition coefficient (Wildman–Crippen LogP) is 7.27. The summed E-state index contributed by atoms with van der Waals surface area (Å²) in [7, 11) is 4.53. The number of anilines is 1. The molecule has 0 fully saturated rings. The minimum atomic E-state index is -0.567. The summed E-state index contributed by atoms with van der Waals surface area (Å²) in [6.07, 6.45) is 0. The van der Waals surface area contributed by atoms with Crippen LogP contribution < -0.4 is 10.1 Å². The lowest BCUT2D eigenvalue weighted by molar-refractivity contribution is 0.0597. The largest absolute Gasteiger partial charge is 0.465 e. The van der Waals surface area contributed by atoms with E-state index < -0.39 is 5.97 Å². The van der Waals surface area contributed by atoms with Crippen LogP contribution >= 0.6 is 11.8 Å². The first-order chi connectivity index (χ1) is 19.8. The van der Waals surface area contributed by atoms with Gasteiger partial charge in [-0.15, -0.1) is 0 Å². The second kappa shape index (κ2) is 14.0. The molecule has 0 heterocycles. The second-order valence-electron chi connectivity index (χ2n) is 9.30. The van der Waals surface area contributed by atoms with Gasteiger partial charge < -0.3 is 24.6 Å². The summed E-state index contributed by atoms with van der Waals surface area (Å²) in [6, 6.07) is 31.3. The number of amides is 3. The first-order valence-electron chi connectivity index (χ1n) is 12.9. The van der Waals surface area contributed by atoms with Crippen LogP contribution in [0.25, 0.3) is 0 Å². The van der Waals surface area contributed by atoms with Crippen LogP contribution in [-0.4, -0.2) is 48.2 Å². The Labute approximate surface area is 243 Å². The highest BCUT2D eigenvalue weighted by molar-refractivity contribution is 8.13. The monoisotopic (exact) mass is 569 g/mol. The molecule has 8 nitrogen and oxygen atoms in total. The van der Waals surface area contributed by atoms with Gasteiger partial charge in [0.2, 0.25) is 0 Å². The quantitative estimate of drug-likeness (QED) is 0.168. The van der Waals surface area contributed by atoms with E-state index in [1.807, 2.05) is 84.9 Å². The van der Waals surface area contributed by atoms with E-state index in [-0.39, 0.29) is 16.8 Å². The number of carbonyl (C=O) groups is 3. The van der Waals surface area contributed by atoms with Gasteiger partial charge in [-0.25, -0.2) is 9.59 Å². The van der Waals surface area contributed by atoms with Crippen molar-refractivity contribution in [2.75, 3.05) is 26.5 Å². The number of para-hydroxylation sites is 1. The summed E-state index contributed by atoms with van der Waals surface area (Å²) in [4.78, 5) is 41.7. The topological polar surface area (TPSA) is 88.2 Å². The molecule has 0 aromatic heterocycles. The molecule has 9 heteroatoms. The van der Waals surface area contributed by atoms with Gasteiger partial charge in [-0.3, -0.25) is 4.79 Å². The Hall–Kier alpha value is -4.76. The molecule has 1 N–H and O–H groups in total. The molecule has 0 aliphatic carbocycles. The van der Waals surface area contributed by atoms with Crippen LogP contribution in [0, 0.1) is 0 Å². The fraction of sp³-hybridized carbons (Fsp3) is 0.156. The number of hydrogen-bond donors (Lipinski definition) is 1. The first-order valence-corrected chi connectivity index (χ1v) is 13.7. The van der Waals surface area contributed by atoms with Crippen molar-refractivity contribution in [3.8, 4) is 11.5 Å². The molecule has 0 unspecified atom stereocenters. The van der Waals surface area contributed by atoms with E-state index in [0.29, 0.717) is 29.4 Å². The Kier molecular flexibility index (Phi) is 10.0. The van der Waals surface area contributed by atoms with Crippen molar-refractivity contribution >= 4 is 34.7 Å². The standard InChI is InChI=1S/C32H31N3O5S/c1-34(2)32(38)41-29-20-25(16-19-28(29)30(36)39-3)33-31(37)35(21-23-10-6-4-7-11-23)22-24-14-17-27(18-15-24)40-26-12-8-5-9-13-26/h4-20H,21-22H2,1-3H3,(H,33,37). The molecule has 0 radical (unpaired) electrons. The summed E-state index contributed by atoms with van der Waals surface area (Å²) in [5.41, 5.74) is 2.58. The van der Waals surface area contributed by atoms with E-state index in [2.05, 4.69) is 5.32 Å². The molecule has 4 rings (SSSR count). The molecular weight excluding hydrogens is 538 g/mol. The maximum absolute atomic E-state index is 13.6. The molecule has 0 atom stereocenters. The van der Waals surface area contributed by atoms with Crippen molar-refractivity contribution in [2.45, 2.75) is 18.0 Å². The highest BCUT2D eigenvalue weighted by Crippen LogP contribution is 2.29. The lowest BCUT2D eigenvalue weighted by Crippen LogP contribution is -2.34. The maximum atomic E-state index is 13.6. The van der Waals surface area contributed by atoms with E-state index in [1.54, 1.807) is 37.2 Å². The molecule has 0 saturated carbocycles. The smallest absolute Gasteiger partial charge is 0.339 e. The van der Waals surface area contributed by atoms with Gasteiger partial charge >= 0.3 is 12.0 Å². The molecule has 41 heavy (non-hydrogen) atoms. The normalized spacial score (nSPS) is 10.4. The van der Waals surface area contributed by atoms with Gasteiger partial charge in [0.05, 0.1) is 12.7 Å². The molecule has 4 aromatic carbocycles. The third kappa shape index (κ3) is 8.36. The fourth-order valence-corrected chi connectivity index (χ4v) is 4.68. The van der Waals surface area contributed by atoms with Gasteiger partial charge in [-0.05, 0) is 65.4 Å². The number of methoxy groups -OCH3 is 1. The van der Waals surface area contributed by atoms with Crippen LogP contribution in [0.1, 0.15) is 21.5 Å². The summed E-state index contributed by atoms with van der Waals surface area (Å²) in [6.45, 7) is 0.712. The van der Waals surface area contributed by atoms with Crippen molar-refractivity contribution in [1.82, 2.24) is 9.80 Å². The zero-order valence-corrected chi connectivity index (χ0v) is 23.9. The summed E-state index contributed by atoms with van der Waals surface area (Å²) < 4.78 is 10.8. The molecular formula is C32H31N3O5S. The Morgan fingerprint density at radius 1 is 0.756 bits per heavy atom. The number of esters is 1. The lowest BCUT2D eigenvalue weighted by atomic mass is 10.1. The highest BCUT2D eigenvalue weighted by Gasteiger charge is 2.20. The average molecular weight is 570 g/mol. The van der Waals surface area contributed by atoms with E-state index >= 15 is 0 Å². The van der Waals surface area contributed by atoms with Crippen molar-refractivity contribution < 1.29 is 23.9 Å². The predicted molar refractivity (Wildman–Crippen MR) is 160 cm³/mol. The van der Waals surface area contributed by atoms with Crippen LogP contribution in [0.3, 0.4) is 0 Å². The third-order valence-electron chi connectivity index (χ3n) is 5.98. The Bertz CT molecular complexity index is 1480. The number of nitrogens with one attached hydrogen (secondary N) is 1. The Morgan fingerprint density at radius 3 is 1.95 bits per heavy atom. The highest BCUT2D eigenvalue weighted by atomic mass is 32.2. The maximum Gasteiger partial charge on any atom is 0.339 e. The molecule has 0 spiro atoms. The zero-order valence-electron chi connectivity index (χ0n) is 23.1. The van der Waals surface area contributed by atoms with Gasteiger partial charge in [0.15, 0.2) is 0 Å². The van der Waals surface area contributed by atoms with E-state index in [9.17, 15) is 14.4 Å². The summed E-state index contributed by atoms with van der Waals surface area (Å²) >= 11 is 0.888. The lowest BCUT2D eigenvalue weighted by Gasteiger charge is -2.24. The Morgan fingerprint density at radius 2 is 1.34 bits per heavy atom. The zero-order chi connectivity index (χ0) is 29.2. The number of rotatable bonds is 9. The van der Waals surface area contributed by atoms with Crippen molar-refractivity contribution in [2.24, 2.45) is 0 Å². The SMILES string of the molecule is COC(=O)c1ccc(NC(=O)N(Cc2ccccc2)Cc2ccc(Oc3ccccc3)cc2)cc1SC(=O)N(C)C. The number of nitrogens with zero attached hydrogens (tertiary/aromatic N) is 2. The van der Waals surface area contributed by atoms with E-state index in [0.717, 1.165) is 28.6 Å². The van der Waals surface area contributed by atoms with Crippen LogP contribution in [-0.2, 0) is 17.8 Å². The van der Waals surface area contributed by atoms with Crippen LogP contribution in [0.4, 0.5) is 15.3 Å². The van der Waals surface area contributed by atoms with Crippen molar-refractivity contribution in [3.63, 3.8) is 0 Å². The minimum absolute atomic E-state index is 0.240. The molecule has 0 bridgehead atoms. The number of urea groups is 1. The number of benzene rings is 4. The van der Waals surface area contributed by atoms with Gasteiger partial charge in [0.25, 0.3) is 5.24 Å². The second-order valence-corrected chi connectivity index (χ2v) is 10.3. The average Bonchev–Trinajstić information content (AvgIpc) is 2.98. The van der Waals surface area contributed by atoms with Crippen molar-refractivity contribution in [3.05, 3.63) is 120 Å². The van der Waals surface area contributed by atoms with Crippen LogP contribution in [0.5, 0.6) is 11.5 Å². The van der Waals surface area contributed by atoms with Gasteiger partial charge in [-0.2, -0.15) is 0 Å². The summed E-state index contributed by atoms with van der Waals surface area (Å²) in [5, 5.41) is 2.67. The first kappa shape index (κ1) is 29.2. The number of carbonyl (C=O) groups excluding carboxylic acids is 3. The van der Waals surface area contributed by atoms with Crippen LogP contribution in [0.2, 0.25) is 0 Å². The molecule has 210 valence electrons. The van der Waals surface area contributed by atoms with E-state index in [4.69, 9.17) is 9.47 Å². The summed E-state index contributed by atoms with van der Waals surface area (Å²) in [5.74, 6) is 0.873. The van der Waals surface area contributed by atoms with Gasteiger partial charge in [0, 0.05) is 37.8 Å². The molecule has 3 amide bonds. The third-order valence-corrected chi connectivity index (χ3v) is 7.08. The van der Waals surface area contributed by atoms with Gasteiger partial charge in [-0.1, -0.05) is 60.7 Å². The molecule has 0 saturated heterocycles. The number of ether oxygens (including phenoxy) is 2. The van der Waals surface area contributed by atoms with Gasteiger partial charge in [0.1, 0.15) is 11.5 Å². The number of hydrogen-bond acceptors (Lipinski definition) is 6. The molecule has 0 aliphatic heterocycles. The molecule has 0 aliphatic rings. The van der Waals surface area contributed by atoms with Crippen LogP contribution in [0.15, 0.2) is 108 Å². The molecule has 4 aromatic rings. The Balaban J connectivity index is 1.54. The van der Waals surface area contributed by atoms with E-state index in [1.165, 1.54) is 12.0 Å². The van der Waals surface area contributed by atoms with Crippen molar-refractivity contribution in [1.29, 1.82) is 0 Å². The number of thioether (sulfide) groups is 1.